The van der Waals surface area contributed by atoms with Gasteiger partial charge in [0.15, 0.2) is 5.60 Å². The summed E-state index contributed by atoms with van der Waals surface area (Å²) < 4.78 is 6.20. The van der Waals surface area contributed by atoms with Gasteiger partial charge in [0.05, 0.1) is 12.3 Å². The molecule has 20 heavy (non-hydrogen) atoms. The second-order valence-electron chi connectivity index (χ2n) is 4.87. The lowest BCUT2D eigenvalue weighted by atomic mass is 9.85. The van der Waals surface area contributed by atoms with E-state index in [0.717, 1.165) is 16.8 Å². The number of ether oxygens (including phenoxy) is 1. The molecule has 1 N–H and O–H groups in total. The van der Waals surface area contributed by atoms with Gasteiger partial charge in [-0.1, -0.05) is 42.5 Å². The van der Waals surface area contributed by atoms with Crippen LogP contribution in [0.4, 0.5) is 0 Å². The molecule has 2 aliphatic rings. The van der Waals surface area contributed by atoms with Gasteiger partial charge in [-0.05, 0) is 29.7 Å². The molecule has 0 fully saturated rings. The fraction of sp³-hybridized carbons (Fsp3) is 0.235. The second kappa shape index (κ2) is 5.57. The third-order valence-electron chi connectivity index (χ3n) is 3.60. The SMILES string of the molecule is OCCC1=CN=C2C=CC=CC12OCc1ccccc1. The third kappa shape index (κ3) is 2.26. The van der Waals surface area contributed by atoms with Gasteiger partial charge in [0.2, 0.25) is 0 Å². The van der Waals surface area contributed by atoms with Crippen molar-refractivity contribution in [3.8, 4) is 0 Å². The maximum Gasteiger partial charge on any atom is 0.152 e. The summed E-state index contributed by atoms with van der Waals surface area (Å²) in [5.74, 6) is 0. The van der Waals surface area contributed by atoms with Gasteiger partial charge in [-0.25, -0.2) is 0 Å². The smallest absolute Gasteiger partial charge is 0.152 e. The summed E-state index contributed by atoms with van der Waals surface area (Å²) in [5.41, 5.74) is 2.41. The van der Waals surface area contributed by atoms with Gasteiger partial charge in [-0.3, -0.25) is 4.99 Å². The van der Waals surface area contributed by atoms with Crippen LogP contribution in [0.25, 0.3) is 0 Å². The van der Waals surface area contributed by atoms with Crippen molar-refractivity contribution in [3.63, 3.8) is 0 Å². The standard InChI is InChI=1S/C17H17NO2/c19-11-9-15-12-18-16-8-4-5-10-17(15,16)20-13-14-6-2-1-3-7-14/h1-8,10,12,19H,9,11,13H2. The van der Waals surface area contributed by atoms with Crippen molar-refractivity contribution in [3.05, 3.63) is 72.0 Å². The van der Waals surface area contributed by atoms with Crippen LogP contribution in [-0.4, -0.2) is 23.0 Å². The van der Waals surface area contributed by atoms with Crippen LogP contribution in [0.3, 0.4) is 0 Å². The third-order valence-corrected chi connectivity index (χ3v) is 3.60. The van der Waals surface area contributed by atoms with E-state index in [9.17, 15) is 5.11 Å². The zero-order valence-electron chi connectivity index (χ0n) is 11.2. The molecule has 1 aromatic rings. The Morgan fingerprint density at radius 2 is 2.00 bits per heavy atom. The number of nitrogens with zero attached hydrogens (tertiary/aromatic N) is 1. The molecule has 102 valence electrons. The summed E-state index contributed by atoms with van der Waals surface area (Å²) >= 11 is 0. The molecule has 1 aliphatic carbocycles. The highest BCUT2D eigenvalue weighted by Crippen LogP contribution is 2.36. The molecular formula is C17H17NO2. The number of hydrogen-bond donors (Lipinski definition) is 1. The molecule has 1 unspecified atom stereocenters. The first kappa shape index (κ1) is 13.0. The fourth-order valence-corrected chi connectivity index (χ4v) is 2.56. The molecule has 1 atom stereocenters. The maximum atomic E-state index is 9.23. The first-order valence-electron chi connectivity index (χ1n) is 6.77. The Morgan fingerprint density at radius 3 is 2.80 bits per heavy atom. The summed E-state index contributed by atoms with van der Waals surface area (Å²) in [6.45, 7) is 0.615. The fourth-order valence-electron chi connectivity index (χ4n) is 2.56. The molecule has 0 aromatic heterocycles. The monoisotopic (exact) mass is 267 g/mol. The quantitative estimate of drug-likeness (QED) is 0.891. The predicted molar refractivity (Wildman–Crippen MR) is 79.5 cm³/mol. The second-order valence-corrected chi connectivity index (χ2v) is 4.87. The van der Waals surface area contributed by atoms with E-state index < -0.39 is 5.60 Å². The lowest BCUT2D eigenvalue weighted by Crippen LogP contribution is -2.39. The van der Waals surface area contributed by atoms with Crippen molar-refractivity contribution < 1.29 is 9.84 Å². The number of aliphatic imine (C=N–C) groups is 1. The van der Waals surface area contributed by atoms with Crippen LogP contribution in [0.5, 0.6) is 0 Å². The first-order chi connectivity index (χ1) is 9.85. The van der Waals surface area contributed by atoms with E-state index in [1.54, 1.807) is 0 Å². The topological polar surface area (TPSA) is 41.8 Å². The summed E-state index contributed by atoms with van der Waals surface area (Å²) in [6.07, 6.45) is 10.3. The van der Waals surface area contributed by atoms with Gasteiger partial charge < -0.3 is 9.84 Å². The maximum absolute atomic E-state index is 9.23. The van der Waals surface area contributed by atoms with Gasteiger partial charge in [0, 0.05) is 12.8 Å². The molecule has 3 heteroatoms. The van der Waals surface area contributed by atoms with Gasteiger partial charge in [-0.15, -0.1) is 0 Å². The highest BCUT2D eigenvalue weighted by molar-refractivity contribution is 6.09. The zero-order valence-corrected chi connectivity index (χ0v) is 11.2. The van der Waals surface area contributed by atoms with E-state index in [0.29, 0.717) is 13.0 Å². The predicted octanol–water partition coefficient (Wildman–Crippen LogP) is 2.79. The molecule has 0 saturated heterocycles. The number of hydrogen-bond acceptors (Lipinski definition) is 3. The molecule has 3 nitrogen and oxygen atoms in total. The Bertz CT molecular complexity index is 599. The molecule has 1 aromatic carbocycles. The molecule has 0 bridgehead atoms. The zero-order chi connectivity index (χ0) is 13.8. The van der Waals surface area contributed by atoms with Crippen molar-refractivity contribution in [2.45, 2.75) is 18.6 Å². The normalized spacial score (nSPS) is 23.4. The Labute approximate surface area is 118 Å². The van der Waals surface area contributed by atoms with E-state index >= 15 is 0 Å². The summed E-state index contributed by atoms with van der Waals surface area (Å²) in [4.78, 5) is 4.42. The lowest BCUT2D eigenvalue weighted by Gasteiger charge is -2.31. The highest BCUT2D eigenvalue weighted by atomic mass is 16.5. The molecule has 3 rings (SSSR count). The number of aliphatic hydroxyl groups is 1. The van der Waals surface area contributed by atoms with Gasteiger partial charge >= 0.3 is 0 Å². The van der Waals surface area contributed by atoms with Crippen LogP contribution in [0.2, 0.25) is 0 Å². The number of rotatable bonds is 5. The molecule has 0 radical (unpaired) electrons. The van der Waals surface area contributed by atoms with Crippen molar-refractivity contribution in [2.75, 3.05) is 6.61 Å². The summed E-state index contributed by atoms with van der Waals surface area (Å²) in [6, 6.07) is 10.1. The summed E-state index contributed by atoms with van der Waals surface area (Å²) in [5, 5.41) is 9.23. The largest absolute Gasteiger partial charge is 0.396 e. The Balaban J connectivity index is 1.83. The average Bonchev–Trinajstić information content (AvgIpc) is 2.86. The Kier molecular flexibility index (Phi) is 3.63. The van der Waals surface area contributed by atoms with Crippen molar-refractivity contribution >= 4 is 5.71 Å². The van der Waals surface area contributed by atoms with Crippen molar-refractivity contribution in [2.24, 2.45) is 4.99 Å². The van der Waals surface area contributed by atoms with E-state index in [1.807, 2.05) is 60.8 Å². The Morgan fingerprint density at radius 1 is 1.15 bits per heavy atom. The molecule has 1 heterocycles. The van der Waals surface area contributed by atoms with Gasteiger partial charge in [0.25, 0.3) is 0 Å². The van der Waals surface area contributed by atoms with E-state index in [1.165, 1.54) is 0 Å². The van der Waals surface area contributed by atoms with Gasteiger partial charge in [-0.2, -0.15) is 0 Å². The van der Waals surface area contributed by atoms with Crippen LogP contribution in [0, 0.1) is 0 Å². The van der Waals surface area contributed by atoms with Crippen LogP contribution < -0.4 is 0 Å². The van der Waals surface area contributed by atoms with Crippen LogP contribution in [0.15, 0.2) is 71.4 Å². The Hall–Kier alpha value is -1.97. The van der Waals surface area contributed by atoms with E-state index in [-0.39, 0.29) is 6.61 Å². The molecule has 0 saturated carbocycles. The average molecular weight is 267 g/mol. The lowest BCUT2D eigenvalue weighted by molar-refractivity contribution is 0.0527. The molecule has 0 spiro atoms. The molecular weight excluding hydrogens is 250 g/mol. The van der Waals surface area contributed by atoms with E-state index in [2.05, 4.69) is 4.99 Å². The minimum Gasteiger partial charge on any atom is -0.396 e. The van der Waals surface area contributed by atoms with Crippen molar-refractivity contribution in [1.29, 1.82) is 0 Å². The summed E-state index contributed by atoms with van der Waals surface area (Å²) in [7, 11) is 0. The minimum absolute atomic E-state index is 0.0998. The van der Waals surface area contributed by atoms with Crippen molar-refractivity contribution in [1.82, 2.24) is 0 Å². The first-order valence-corrected chi connectivity index (χ1v) is 6.77. The number of fused-ring (bicyclic) bond motifs is 1. The van der Waals surface area contributed by atoms with Crippen LogP contribution >= 0.6 is 0 Å². The molecule has 0 amide bonds. The molecule has 1 aliphatic heterocycles. The number of allylic oxidation sites excluding steroid dienone is 2. The van der Waals surface area contributed by atoms with E-state index in [4.69, 9.17) is 4.74 Å². The minimum atomic E-state index is -0.604. The van der Waals surface area contributed by atoms with Gasteiger partial charge in [0.1, 0.15) is 0 Å². The number of aliphatic hydroxyl groups excluding tert-OH is 1. The number of benzene rings is 1. The van der Waals surface area contributed by atoms with Crippen LogP contribution in [-0.2, 0) is 11.3 Å². The highest BCUT2D eigenvalue weighted by Gasteiger charge is 2.40. The van der Waals surface area contributed by atoms with Crippen LogP contribution in [0.1, 0.15) is 12.0 Å².